The van der Waals surface area contributed by atoms with Gasteiger partial charge in [-0.1, -0.05) is 5.16 Å². The minimum absolute atomic E-state index is 0.282. The maximum absolute atomic E-state index is 11.6. The molecule has 2 aromatic rings. The highest BCUT2D eigenvalue weighted by atomic mass is 32.1. The Labute approximate surface area is 115 Å². The second-order valence-electron chi connectivity index (χ2n) is 4.37. The van der Waals surface area contributed by atoms with Crippen molar-refractivity contribution in [1.82, 2.24) is 10.1 Å². The van der Waals surface area contributed by atoms with E-state index in [2.05, 4.69) is 10.1 Å². The Kier molecular flexibility index (Phi) is 4.34. The van der Waals surface area contributed by atoms with Gasteiger partial charge in [0, 0.05) is 19.2 Å². The molecule has 0 atom stereocenters. The molecule has 0 bridgehead atoms. The number of carbonyl (C=O) groups excluding carboxylic acids is 1. The summed E-state index contributed by atoms with van der Waals surface area (Å²) in [4.78, 5) is 14.3. The topological polar surface area (TPSA) is 55.6 Å². The Morgan fingerprint density at radius 2 is 2.32 bits per heavy atom. The van der Waals surface area contributed by atoms with Crippen LogP contribution in [0.4, 0.5) is 0 Å². The van der Waals surface area contributed by atoms with E-state index in [0.717, 1.165) is 17.0 Å². The fourth-order valence-corrected chi connectivity index (χ4v) is 2.68. The fraction of sp³-hybridized carbons (Fsp3) is 0.385. The third-order valence-corrected chi connectivity index (χ3v) is 3.60. The SMILES string of the molecule is COC(=O)c1sccc1CN(C)Cc1cc(C)on1. The van der Waals surface area contributed by atoms with E-state index in [4.69, 9.17) is 9.26 Å². The van der Waals surface area contributed by atoms with Crippen LogP contribution in [-0.4, -0.2) is 30.2 Å². The van der Waals surface area contributed by atoms with Crippen LogP contribution in [0.1, 0.15) is 26.7 Å². The van der Waals surface area contributed by atoms with Gasteiger partial charge < -0.3 is 9.26 Å². The zero-order valence-electron chi connectivity index (χ0n) is 11.2. The minimum Gasteiger partial charge on any atom is -0.465 e. The summed E-state index contributed by atoms with van der Waals surface area (Å²) in [6.07, 6.45) is 0. The maximum atomic E-state index is 11.6. The summed E-state index contributed by atoms with van der Waals surface area (Å²) in [6, 6.07) is 3.85. The number of carbonyl (C=O) groups is 1. The van der Waals surface area contributed by atoms with Crippen LogP contribution >= 0.6 is 11.3 Å². The van der Waals surface area contributed by atoms with Gasteiger partial charge in [-0.2, -0.15) is 0 Å². The molecule has 0 unspecified atom stereocenters. The average Bonchev–Trinajstić information content (AvgIpc) is 2.97. The molecule has 0 saturated heterocycles. The van der Waals surface area contributed by atoms with Gasteiger partial charge in [0.15, 0.2) is 0 Å². The number of esters is 1. The molecule has 19 heavy (non-hydrogen) atoms. The predicted octanol–water partition coefficient (Wildman–Crippen LogP) is 2.46. The highest BCUT2D eigenvalue weighted by Crippen LogP contribution is 2.20. The molecule has 0 aliphatic heterocycles. The number of ether oxygens (including phenoxy) is 1. The molecule has 2 rings (SSSR count). The molecule has 2 heterocycles. The number of aryl methyl sites for hydroxylation is 1. The number of methoxy groups -OCH3 is 1. The number of aromatic nitrogens is 1. The molecule has 6 heteroatoms. The first-order chi connectivity index (χ1) is 9.10. The van der Waals surface area contributed by atoms with E-state index in [1.165, 1.54) is 18.4 Å². The summed E-state index contributed by atoms with van der Waals surface area (Å²) in [5, 5.41) is 5.85. The molecule has 0 spiro atoms. The van der Waals surface area contributed by atoms with Crippen LogP contribution in [0.15, 0.2) is 22.0 Å². The number of rotatable bonds is 5. The first-order valence-electron chi connectivity index (χ1n) is 5.85. The van der Waals surface area contributed by atoms with E-state index in [1.807, 2.05) is 31.5 Å². The average molecular weight is 280 g/mol. The highest BCUT2D eigenvalue weighted by Gasteiger charge is 2.15. The van der Waals surface area contributed by atoms with Crippen LogP contribution in [0.25, 0.3) is 0 Å². The summed E-state index contributed by atoms with van der Waals surface area (Å²) < 4.78 is 9.80. The van der Waals surface area contributed by atoms with Crippen LogP contribution in [0.3, 0.4) is 0 Å². The Balaban J connectivity index is 2.01. The minimum atomic E-state index is -0.282. The van der Waals surface area contributed by atoms with Crippen molar-refractivity contribution in [3.63, 3.8) is 0 Å². The number of hydrogen-bond acceptors (Lipinski definition) is 6. The lowest BCUT2D eigenvalue weighted by atomic mass is 10.2. The summed E-state index contributed by atoms with van der Waals surface area (Å²) in [7, 11) is 3.37. The maximum Gasteiger partial charge on any atom is 0.348 e. The van der Waals surface area contributed by atoms with Crippen LogP contribution in [0.5, 0.6) is 0 Å². The normalized spacial score (nSPS) is 10.9. The molecule has 5 nitrogen and oxygen atoms in total. The van der Waals surface area contributed by atoms with Gasteiger partial charge in [-0.05, 0) is 31.0 Å². The van der Waals surface area contributed by atoms with Gasteiger partial charge in [-0.3, -0.25) is 4.90 Å². The van der Waals surface area contributed by atoms with Crippen LogP contribution < -0.4 is 0 Å². The van der Waals surface area contributed by atoms with Crippen molar-refractivity contribution in [3.8, 4) is 0 Å². The van der Waals surface area contributed by atoms with Crippen molar-refractivity contribution in [1.29, 1.82) is 0 Å². The van der Waals surface area contributed by atoms with Crippen molar-refractivity contribution in [2.75, 3.05) is 14.2 Å². The summed E-state index contributed by atoms with van der Waals surface area (Å²) >= 11 is 1.40. The molecular formula is C13H16N2O3S. The molecule has 0 fully saturated rings. The second kappa shape index (κ2) is 5.99. The lowest BCUT2D eigenvalue weighted by molar-refractivity contribution is 0.0604. The van der Waals surface area contributed by atoms with Crippen molar-refractivity contribution >= 4 is 17.3 Å². The lowest BCUT2D eigenvalue weighted by Gasteiger charge is -2.14. The monoisotopic (exact) mass is 280 g/mol. The Bertz CT molecular complexity index is 562. The van der Waals surface area contributed by atoms with Gasteiger partial charge in [-0.25, -0.2) is 4.79 Å². The number of nitrogens with zero attached hydrogens (tertiary/aromatic N) is 2. The van der Waals surface area contributed by atoms with Gasteiger partial charge in [0.05, 0.1) is 12.8 Å². The van der Waals surface area contributed by atoms with E-state index < -0.39 is 0 Å². The molecule has 0 amide bonds. The van der Waals surface area contributed by atoms with Crippen molar-refractivity contribution in [3.05, 3.63) is 39.4 Å². The Morgan fingerprint density at radius 3 is 2.95 bits per heavy atom. The van der Waals surface area contributed by atoms with Gasteiger partial charge in [0.25, 0.3) is 0 Å². The second-order valence-corrected chi connectivity index (χ2v) is 5.28. The smallest absolute Gasteiger partial charge is 0.348 e. The van der Waals surface area contributed by atoms with Gasteiger partial charge in [0.1, 0.15) is 10.6 Å². The Morgan fingerprint density at radius 1 is 1.53 bits per heavy atom. The van der Waals surface area contributed by atoms with Gasteiger partial charge >= 0.3 is 5.97 Å². The highest BCUT2D eigenvalue weighted by molar-refractivity contribution is 7.12. The summed E-state index contributed by atoms with van der Waals surface area (Å²) in [6.45, 7) is 3.21. The van der Waals surface area contributed by atoms with Crippen molar-refractivity contribution in [2.45, 2.75) is 20.0 Å². The molecule has 0 aliphatic rings. The van der Waals surface area contributed by atoms with Crippen LogP contribution in [0.2, 0.25) is 0 Å². The Hall–Kier alpha value is -1.66. The van der Waals surface area contributed by atoms with Crippen molar-refractivity contribution < 1.29 is 14.1 Å². The zero-order valence-corrected chi connectivity index (χ0v) is 12.0. The molecule has 0 radical (unpaired) electrons. The molecular weight excluding hydrogens is 264 g/mol. The standard InChI is InChI=1S/C13H16N2O3S/c1-9-6-11(14-18-9)8-15(2)7-10-4-5-19-12(10)13(16)17-3/h4-6H,7-8H2,1-3H3. The first-order valence-corrected chi connectivity index (χ1v) is 6.73. The fourth-order valence-electron chi connectivity index (χ4n) is 1.85. The molecule has 0 aliphatic carbocycles. The molecule has 102 valence electrons. The first kappa shape index (κ1) is 13.8. The van der Waals surface area contributed by atoms with E-state index >= 15 is 0 Å². The molecule has 0 N–H and O–H groups in total. The molecule has 0 saturated carbocycles. The van der Waals surface area contributed by atoms with Gasteiger partial charge in [-0.15, -0.1) is 11.3 Å². The van der Waals surface area contributed by atoms with Gasteiger partial charge in [0.2, 0.25) is 0 Å². The zero-order chi connectivity index (χ0) is 13.8. The number of thiophene rings is 1. The van der Waals surface area contributed by atoms with E-state index in [1.54, 1.807) is 0 Å². The quantitative estimate of drug-likeness (QED) is 0.787. The van der Waals surface area contributed by atoms with Crippen LogP contribution in [0, 0.1) is 6.92 Å². The number of hydrogen-bond donors (Lipinski definition) is 0. The molecule has 0 aromatic carbocycles. The van der Waals surface area contributed by atoms with E-state index in [9.17, 15) is 4.79 Å². The molecule has 2 aromatic heterocycles. The van der Waals surface area contributed by atoms with Crippen molar-refractivity contribution in [2.24, 2.45) is 0 Å². The van der Waals surface area contributed by atoms with Crippen LogP contribution in [-0.2, 0) is 17.8 Å². The largest absolute Gasteiger partial charge is 0.465 e. The van der Waals surface area contributed by atoms with E-state index in [-0.39, 0.29) is 5.97 Å². The predicted molar refractivity (Wildman–Crippen MR) is 72.1 cm³/mol. The summed E-state index contributed by atoms with van der Waals surface area (Å²) in [5.74, 6) is 0.518. The third-order valence-electron chi connectivity index (χ3n) is 2.67. The lowest BCUT2D eigenvalue weighted by Crippen LogP contribution is -2.18. The third kappa shape index (κ3) is 3.42. The van der Waals surface area contributed by atoms with E-state index in [0.29, 0.717) is 18.0 Å². The summed E-state index contributed by atoms with van der Waals surface area (Å²) in [5.41, 5.74) is 1.86.